The average Bonchev–Trinajstić information content (AvgIpc) is 2.71. The SMILES string of the molecule is COCCCN1C[C@]2(CCCN(c3nccc4ccccc34)C2)CCC1=O. The standard InChI is InChI=1S/C22H29N3O2/c1-27-15-5-14-24-16-22(11-8-20(24)26)10-4-13-25(17-22)21-19-7-3-2-6-18(19)9-12-23-21/h2-3,6-7,9,12H,4-5,8,10-11,13-17H2,1H3/t22-/m0/s1. The number of carbonyl (C=O) groups excluding carboxylic acids is 1. The van der Waals surface area contributed by atoms with Gasteiger partial charge in [-0.3, -0.25) is 4.79 Å². The van der Waals surface area contributed by atoms with Crippen molar-refractivity contribution in [2.24, 2.45) is 5.41 Å². The van der Waals surface area contributed by atoms with Crippen molar-refractivity contribution < 1.29 is 9.53 Å². The molecule has 0 aliphatic carbocycles. The number of ether oxygens (including phenoxy) is 1. The largest absolute Gasteiger partial charge is 0.385 e. The number of nitrogens with zero attached hydrogens (tertiary/aromatic N) is 3. The molecule has 144 valence electrons. The number of fused-ring (bicyclic) bond motifs is 1. The van der Waals surface area contributed by atoms with Crippen LogP contribution in [0.15, 0.2) is 36.5 Å². The highest BCUT2D eigenvalue weighted by Crippen LogP contribution is 2.41. The molecule has 3 heterocycles. The van der Waals surface area contributed by atoms with E-state index < -0.39 is 0 Å². The Balaban J connectivity index is 1.54. The third-order valence-electron chi connectivity index (χ3n) is 6.14. The van der Waals surface area contributed by atoms with E-state index in [1.165, 1.54) is 17.2 Å². The quantitative estimate of drug-likeness (QED) is 0.759. The molecule has 1 amide bonds. The maximum atomic E-state index is 12.4. The van der Waals surface area contributed by atoms with E-state index in [4.69, 9.17) is 9.72 Å². The van der Waals surface area contributed by atoms with Crippen molar-refractivity contribution in [3.05, 3.63) is 36.5 Å². The second-order valence-corrected chi connectivity index (χ2v) is 8.04. The van der Waals surface area contributed by atoms with Crippen LogP contribution in [0.4, 0.5) is 5.82 Å². The van der Waals surface area contributed by atoms with Gasteiger partial charge < -0.3 is 14.5 Å². The molecule has 2 aliphatic heterocycles. The number of hydrogen-bond donors (Lipinski definition) is 0. The number of rotatable bonds is 5. The predicted octanol–water partition coefficient (Wildman–Crippen LogP) is 3.48. The van der Waals surface area contributed by atoms with Crippen molar-refractivity contribution in [1.29, 1.82) is 0 Å². The Labute approximate surface area is 161 Å². The van der Waals surface area contributed by atoms with Crippen LogP contribution >= 0.6 is 0 Å². The molecule has 2 saturated heterocycles. The molecule has 1 aromatic heterocycles. The van der Waals surface area contributed by atoms with Crippen LogP contribution < -0.4 is 4.90 Å². The second kappa shape index (κ2) is 7.85. The summed E-state index contributed by atoms with van der Waals surface area (Å²) < 4.78 is 5.17. The molecule has 0 bridgehead atoms. The first-order chi connectivity index (χ1) is 13.2. The number of pyridine rings is 1. The first-order valence-corrected chi connectivity index (χ1v) is 10.1. The fourth-order valence-corrected chi connectivity index (χ4v) is 4.78. The first kappa shape index (κ1) is 18.2. The zero-order valence-corrected chi connectivity index (χ0v) is 16.2. The summed E-state index contributed by atoms with van der Waals surface area (Å²) in [5, 5.41) is 2.46. The van der Waals surface area contributed by atoms with Crippen molar-refractivity contribution in [1.82, 2.24) is 9.88 Å². The number of anilines is 1. The first-order valence-electron chi connectivity index (χ1n) is 10.1. The van der Waals surface area contributed by atoms with Crippen molar-refractivity contribution in [2.45, 2.75) is 32.1 Å². The Bertz CT molecular complexity index is 804. The van der Waals surface area contributed by atoms with Crippen LogP contribution in [0.25, 0.3) is 10.8 Å². The van der Waals surface area contributed by atoms with Crippen LogP contribution in [0.1, 0.15) is 32.1 Å². The molecule has 1 aromatic carbocycles. The summed E-state index contributed by atoms with van der Waals surface area (Å²) in [5.74, 6) is 1.40. The summed E-state index contributed by atoms with van der Waals surface area (Å²) in [5.41, 5.74) is 0.192. The molecule has 2 fully saturated rings. The van der Waals surface area contributed by atoms with E-state index in [-0.39, 0.29) is 5.41 Å². The molecule has 2 aromatic rings. The second-order valence-electron chi connectivity index (χ2n) is 8.04. The molecule has 1 atom stereocenters. The molecule has 4 rings (SSSR count). The minimum atomic E-state index is 0.192. The molecule has 5 nitrogen and oxygen atoms in total. The minimum absolute atomic E-state index is 0.192. The van der Waals surface area contributed by atoms with Crippen LogP contribution in [0.2, 0.25) is 0 Å². The van der Waals surface area contributed by atoms with Crippen molar-refractivity contribution in [3.63, 3.8) is 0 Å². The summed E-state index contributed by atoms with van der Waals surface area (Å²) in [6.07, 6.45) is 6.85. The number of piperidine rings is 2. The lowest BCUT2D eigenvalue weighted by molar-refractivity contribution is -0.138. The summed E-state index contributed by atoms with van der Waals surface area (Å²) in [6, 6.07) is 10.6. The van der Waals surface area contributed by atoms with Gasteiger partial charge in [-0.15, -0.1) is 0 Å². The normalized spacial score (nSPS) is 23.4. The highest BCUT2D eigenvalue weighted by atomic mass is 16.5. The Morgan fingerprint density at radius 3 is 2.96 bits per heavy atom. The summed E-state index contributed by atoms with van der Waals surface area (Å²) in [4.78, 5) is 21.7. The number of likely N-dealkylation sites (tertiary alicyclic amines) is 1. The van der Waals surface area contributed by atoms with Gasteiger partial charge >= 0.3 is 0 Å². The molecule has 5 heteroatoms. The number of carbonyl (C=O) groups is 1. The number of benzene rings is 1. The van der Waals surface area contributed by atoms with Crippen LogP contribution in [0.5, 0.6) is 0 Å². The fraction of sp³-hybridized carbons (Fsp3) is 0.545. The fourth-order valence-electron chi connectivity index (χ4n) is 4.78. The van der Waals surface area contributed by atoms with Crippen molar-refractivity contribution >= 4 is 22.5 Å². The Morgan fingerprint density at radius 2 is 2.07 bits per heavy atom. The van der Waals surface area contributed by atoms with E-state index in [0.29, 0.717) is 18.9 Å². The van der Waals surface area contributed by atoms with Crippen LogP contribution in [0, 0.1) is 5.41 Å². The van der Waals surface area contributed by atoms with E-state index in [9.17, 15) is 4.79 Å². The number of amides is 1. The van der Waals surface area contributed by atoms with Gasteiger partial charge in [0.25, 0.3) is 0 Å². The van der Waals surface area contributed by atoms with E-state index >= 15 is 0 Å². The van der Waals surface area contributed by atoms with Crippen molar-refractivity contribution in [3.8, 4) is 0 Å². The highest BCUT2D eigenvalue weighted by Gasteiger charge is 2.42. The Hall–Kier alpha value is -2.14. The minimum Gasteiger partial charge on any atom is -0.385 e. The molecular formula is C22H29N3O2. The monoisotopic (exact) mass is 367 g/mol. The molecule has 0 saturated carbocycles. The lowest BCUT2D eigenvalue weighted by Crippen LogP contribution is -2.54. The molecule has 2 aliphatic rings. The van der Waals surface area contributed by atoms with Crippen LogP contribution in [0.3, 0.4) is 0 Å². The van der Waals surface area contributed by atoms with E-state index in [0.717, 1.165) is 51.3 Å². The third-order valence-corrected chi connectivity index (χ3v) is 6.14. The molecule has 27 heavy (non-hydrogen) atoms. The lowest BCUT2D eigenvalue weighted by Gasteiger charge is -2.48. The van der Waals surface area contributed by atoms with Gasteiger partial charge in [0.05, 0.1) is 0 Å². The van der Waals surface area contributed by atoms with E-state index in [2.05, 4.69) is 40.1 Å². The van der Waals surface area contributed by atoms with Gasteiger partial charge in [-0.25, -0.2) is 4.98 Å². The smallest absolute Gasteiger partial charge is 0.222 e. The molecule has 0 radical (unpaired) electrons. The third kappa shape index (κ3) is 3.79. The Kier molecular flexibility index (Phi) is 5.30. The van der Waals surface area contributed by atoms with Crippen molar-refractivity contribution in [2.75, 3.05) is 44.8 Å². The summed E-state index contributed by atoms with van der Waals surface area (Å²) in [7, 11) is 1.72. The number of methoxy groups -OCH3 is 1. The summed E-state index contributed by atoms with van der Waals surface area (Å²) >= 11 is 0. The highest BCUT2D eigenvalue weighted by molar-refractivity contribution is 5.92. The zero-order valence-electron chi connectivity index (χ0n) is 16.2. The predicted molar refractivity (Wildman–Crippen MR) is 108 cm³/mol. The van der Waals surface area contributed by atoms with Crippen LogP contribution in [-0.2, 0) is 9.53 Å². The van der Waals surface area contributed by atoms with Gasteiger partial charge in [-0.1, -0.05) is 24.3 Å². The number of aromatic nitrogens is 1. The number of hydrogen-bond acceptors (Lipinski definition) is 4. The average molecular weight is 367 g/mol. The van der Waals surface area contributed by atoms with Crippen LogP contribution in [-0.4, -0.2) is 55.7 Å². The van der Waals surface area contributed by atoms with E-state index in [1.807, 2.05) is 6.20 Å². The molecule has 0 N–H and O–H groups in total. The topological polar surface area (TPSA) is 45.7 Å². The van der Waals surface area contributed by atoms with Gasteiger partial charge in [0, 0.05) is 63.3 Å². The maximum absolute atomic E-state index is 12.4. The zero-order chi connectivity index (χ0) is 18.7. The van der Waals surface area contributed by atoms with E-state index in [1.54, 1.807) is 7.11 Å². The van der Waals surface area contributed by atoms with Gasteiger partial charge in [-0.2, -0.15) is 0 Å². The molecule has 1 spiro atoms. The van der Waals surface area contributed by atoms with Gasteiger partial charge in [0.1, 0.15) is 5.82 Å². The van der Waals surface area contributed by atoms with Gasteiger partial charge in [0.2, 0.25) is 5.91 Å². The van der Waals surface area contributed by atoms with Gasteiger partial charge in [-0.05, 0) is 37.1 Å². The lowest BCUT2D eigenvalue weighted by atomic mass is 9.73. The maximum Gasteiger partial charge on any atom is 0.222 e. The molecule has 0 unspecified atom stereocenters. The molecular weight excluding hydrogens is 338 g/mol. The summed E-state index contributed by atoms with van der Waals surface area (Å²) in [6.45, 7) is 4.42. The van der Waals surface area contributed by atoms with Gasteiger partial charge in [0.15, 0.2) is 0 Å². The Morgan fingerprint density at radius 1 is 1.19 bits per heavy atom.